The van der Waals surface area contributed by atoms with Gasteiger partial charge in [-0.15, -0.1) is 0 Å². The normalized spacial score (nSPS) is 12.6. The van der Waals surface area contributed by atoms with Gasteiger partial charge in [-0.25, -0.2) is 0 Å². The van der Waals surface area contributed by atoms with Gasteiger partial charge < -0.3 is 9.84 Å². The Bertz CT molecular complexity index is 538. The van der Waals surface area contributed by atoms with E-state index >= 15 is 0 Å². The third-order valence-corrected chi connectivity index (χ3v) is 3.46. The lowest BCUT2D eigenvalue weighted by Crippen LogP contribution is -2.27. The van der Waals surface area contributed by atoms with E-state index < -0.39 is 0 Å². The monoisotopic (exact) mass is 274 g/mol. The van der Waals surface area contributed by atoms with Gasteiger partial charge in [0, 0.05) is 30.4 Å². The number of nitrogens with one attached hydrogen (secondary N) is 1. The molecule has 2 aromatic rings. The molecule has 0 saturated heterocycles. The van der Waals surface area contributed by atoms with Gasteiger partial charge in [-0.2, -0.15) is 4.98 Å². The molecule has 108 valence electrons. The molecule has 1 N–H and O–H groups in total. The van der Waals surface area contributed by atoms with Crippen molar-refractivity contribution in [3.05, 3.63) is 29.9 Å². The second-order valence-electron chi connectivity index (χ2n) is 4.88. The van der Waals surface area contributed by atoms with E-state index in [1.807, 2.05) is 19.3 Å². The Morgan fingerprint density at radius 2 is 2.20 bits per heavy atom. The van der Waals surface area contributed by atoms with Crippen molar-refractivity contribution in [2.24, 2.45) is 0 Å². The summed E-state index contributed by atoms with van der Waals surface area (Å²) in [4.78, 5) is 8.65. The molecule has 1 atom stereocenters. The molecule has 2 aromatic heterocycles. The van der Waals surface area contributed by atoms with Gasteiger partial charge in [-0.3, -0.25) is 4.98 Å². The standard InChI is InChI=1S/C15H22N4O/c1-4-6-12(16-3)9-14-18-15(19-20-14)13-7-8-17-10-11(13)5-2/h7-8,10,12,16H,4-6,9H2,1-3H3. The molecule has 0 aromatic carbocycles. The predicted octanol–water partition coefficient (Wildman–Crippen LogP) is 2.62. The molecule has 0 bridgehead atoms. The van der Waals surface area contributed by atoms with Crippen molar-refractivity contribution in [1.29, 1.82) is 0 Å². The molecule has 2 rings (SSSR count). The maximum Gasteiger partial charge on any atom is 0.228 e. The Morgan fingerprint density at radius 1 is 1.35 bits per heavy atom. The molecule has 5 heteroatoms. The van der Waals surface area contributed by atoms with Crippen molar-refractivity contribution in [3.63, 3.8) is 0 Å². The average Bonchev–Trinajstić information content (AvgIpc) is 2.95. The van der Waals surface area contributed by atoms with E-state index in [2.05, 4.69) is 34.3 Å². The minimum atomic E-state index is 0.386. The van der Waals surface area contributed by atoms with Crippen LogP contribution in [0.25, 0.3) is 11.4 Å². The summed E-state index contributed by atoms with van der Waals surface area (Å²) in [6.07, 6.45) is 7.53. The molecule has 0 saturated carbocycles. The first kappa shape index (κ1) is 14.7. The van der Waals surface area contributed by atoms with Crippen LogP contribution >= 0.6 is 0 Å². The summed E-state index contributed by atoms with van der Waals surface area (Å²) in [5.41, 5.74) is 2.15. The van der Waals surface area contributed by atoms with Crippen LogP contribution in [0.4, 0.5) is 0 Å². The highest BCUT2D eigenvalue weighted by Crippen LogP contribution is 2.20. The van der Waals surface area contributed by atoms with Crippen molar-refractivity contribution in [2.45, 2.75) is 45.6 Å². The fourth-order valence-corrected chi connectivity index (χ4v) is 2.28. The molecule has 0 amide bonds. The van der Waals surface area contributed by atoms with E-state index in [1.54, 1.807) is 6.20 Å². The Balaban J connectivity index is 2.16. The summed E-state index contributed by atoms with van der Waals surface area (Å²) < 4.78 is 5.38. The van der Waals surface area contributed by atoms with Crippen LogP contribution in [-0.2, 0) is 12.8 Å². The minimum absolute atomic E-state index is 0.386. The Kier molecular flexibility index (Phi) is 5.24. The summed E-state index contributed by atoms with van der Waals surface area (Å²) in [6, 6.07) is 2.33. The SMILES string of the molecule is CCCC(Cc1nc(-c2ccncc2CC)no1)NC. The first-order valence-electron chi connectivity index (χ1n) is 7.21. The van der Waals surface area contributed by atoms with Gasteiger partial charge in [0.2, 0.25) is 11.7 Å². The van der Waals surface area contributed by atoms with Gasteiger partial charge in [-0.1, -0.05) is 25.4 Å². The Morgan fingerprint density at radius 3 is 2.90 bits per heavy atom. The summed E-state index contributed by atoms with van der Waals surface area (Å²) in [6.45, 7) is 4.27. The van der Waals surface area contributed by atoms with E-state index in [9.17, 15) is 0 Å². The molecule has 1 unspecified atom stereocenters. The lowest BCUT2D eigenvalue weighted by atomic mass is 10.1. The number of likely N-dealkylation sites (N-methyl/N-ethyl adjacent to an activating group) is 1. The quantitative estimate of drug-likeness (QED) is 0.841. The highest BCUT2D eigenvalue weighted by Gasteiger charge is 2.15. The third-order valence-electron chi connectivity index (χ3n) is 3.46. The second-order valence-corrected chi connectivity index (χ2v) is 4.88. The van der Waals surface area contributed by atoms with Crippen molar-refractivity contribution in [2.75, 3.05) is 7.05 Å². The zero-order chi connectivity index (χ0) is 14.4. The van der Waals surface area contributed by atoms with E-state index in [0.29, 0.717) is 17.8 Å². The van der Waals surface area contributed by atoms with Crippen LogP contribution in [0.3, 0.4) is 0 Å². The van der Waals surface area contributed by atoms with Gasteiger partial charge >= 0.3 is 0 Å². The van der Waals surface area contributed by atoms with Gasteiger partial charge in [0.1, 0.15) is 0 Å². The Hall–Kier alpha value is -1.75. The van der Waals surface area contributed by atoms with Crippen LogP contribution in [0.5, 0.6) is 0 Å². The predicted molar refractivity (Wildman–Crippen MR) is 78.4 cm³/mol. The topological polar surface area (TPSA) is 63.8 Å². The highest BCUT2D eigenvalue weighted by atomic mass is 16.5. The van der Waals surface area contributed by atoms with Crippen LogP contribution in [0.1, 0.15) is 38.1 Å². The molecular formula is C15H22N4O. The van der Waals surface area contributed by atoms with E-state index in [-0.39, 0.29) is 0 Å². The third kappa shape index (κ3) is 3.42. The van der Waals surface area contributed by atoms with Crippen molar-refractivity contribution < 1.29 is 4.52 Å². The molecular weight excluding hydrogens is 252 g/mol. The average molecular weight is 274 g/mol. The number of aryl methyl sites for hydroxylation is 1. The van der Waals surface area contributed by atoms with Crippen LogP contribution in [0.2, 0.25) is 0 Å². The summed E-state index contributed by atoms with van der Waals surface area (Å²) in [7, 11) is 1.97. The summed E-state index contributed by atoms with van der Waals surface area (Å²) in [5, 5.41) is 7.39. The first-order chi connectivity index (χ1) is 9.78. The number of nitrogens with zero attached hydrogens (tertiary/aromatic N) is 3. The number of pyridine rings is 1. The van der Waals surface area contributed by atoms with E-state index in [0.717, 1.165) is 36.8 Å². The summed E-state index contributed by atoms with van der Waals surface area (Å²) in [5.74, 6) is 1.34. The molecule has 20 heavy (non-hydrogen) atoms. The molecule has 2 heterocycles. The number of hydrogen-bond donors (Lipinski definition) is 1. The van der Waals surface area contributed by atoms with Gasteiger partial charge in [0.05, 0.1) is 0 Å². The van der Waals surface area contributed by atoms with E-state index in [1.165, 1.54) is 0 Å². The lowest BCUT2D eigenvalue weighted by Gasteiger charge is -2.11. The molecule has 0 spiro atoms. The first-order valence-corrected chi connectivity index (χ1v) is 7.21. The fraction of sp³-hybridized carbons (Fsp3) is 0.533. The van der Waals surface area contributed by atoms with Crippen LogP contribution in [0.15, 0.2) is 23.0 Å². The van der Waals surface area contributed by atoms with Crippen molar-refractivity contribution in [3.8, 4) is 11.4 Å². The molecule has 0 radical (unpaired) electrons. The maximum absolute atomic E-state index is 5.38. The van der Waals surface area contributed by atoms with Gasteiger partial charge in [0.15, 0.2) is 0 Å². The van der Waals surface area contributed by atoms with Crippen LogP contribution in [0, 0.1) is 0 Å². The minimum Gasteiger partial charge on any atom is -0.339 e. The smallest absolute Gasteiger partial charge is 0.228 e. The Labute approximate surface area is 119 Å². The summed E-state index contributed by atoms with van der Waals surface area (Å²) >= 11 is 0. The maximum atomic E-state index is 5.38. The molecule has 0 aliphatic carbocycles. The van der Waals surface area contributed by atoms with Crippen LogP contribution in [-0.4, -0.2) is 28.2 Å². The second kappa shape index (κ2) is 7.14. The largest absolute Gasteiger partial charge is 0.339 e. The van der Waals surface area contributed by atoms with Gasteiger partial charge in [0.25, 0.3) is 0 Å². The van der Waals surface area contributed by atoms with Crippen LogP contribution < -0.4 is 5.32 Å². The number of rotatable bonds is 7. The van der Waals surface area contributed by atoms with Gasteiger partial charge in [-0.05, 0) is 31.5 Å². The van der Waals surface area contributed by atoms with Crippen molar-refractivity contribution in [1.82, 2.24) is 20.4 Å². The van der Waals surface area contributed by atoms with Crippen molar-refractivity contribution >= 4 is 0 Å². The lowest BCUT2D eigenvalue weighted by molar-refractivity contribution is 0.356. The molecule has 0 fully saturated rings. The number of hydrogen-bond acceptors (Lipinski definition) is 5. The molecule has 5 nitrogen and oxygen atoms in total. The highest BCUT2D eigenvalue weighted by molar-refractivity contribution is 5.58. The zero-order valence-corrected chi connectivity index (χ0v) is 12.4. The zero-order valence-electron chi connectivity index (χ0n) is 12.4. The number of aromatic nitrogens is 3. The fourth-order valence-electron chi connectivity index (χ4n) is 2.28. The molecule has 0 aliphatic heterocycles. The van der Waals surface area contributed by atoms with E-state index in [4.69, 9.17) is 4.52 Å². The molecule has 0 aliphatic rings.